The highest BCUT2D eigenvalue weighted by atomic mass is 16.1. The number of hydrogen-bond donors (Lipinski definition) is 1. The lowest BCUT2D eigenvalue weighted by molar-refractivity contribution is 0.0962. The van der Waals surface area contributed by atoms with Gasteiger partial charge < -0.3 is 5.73 Å². The fourth-order valence-electron chi connectivity index (χ4n) is 2.31. The number of ketones is 1. The van der Waals surface area contributed by atoms with Crippen LogP contribution in [-0.2, 0) is 0 Å². The Morgan fingerprint density at radius 3 is 2.73 bits per heavy atom. The third kappa shape index (κ3) is 2.58. The van der Waals surface area contributed by atoms with Crippen LogP contribution in [0.1, 0.15) is 42.5 Å². The molecule has 2 N–H and O–H groups in total. The van der Waals surface area contributed by atoms with Crippen LogP contribution in [0.5, 0.6) is 0 Å². The maximum Gasteiger partial charge on any atom is 0.163 e. The van der Waals surface area contributed by atoms with Crippen molar-refractivity contribution in [3.05, 3.63) is 29.8 Å². The summed E-state index contributed by atoms with van der Waals surface area (Å²) in [7, 11) is 0. The molecule has 15 heavy (non-hydrogen) atoms. The highest BCUT2D eigenvalue weighted by Crippen LogP contribution is 2.28. The maximum absolute atomic E-state index is 11.9. The van der Waals surface area contributed by atoms with Crippen molar-refractivity contribution in [3.8, 4) is 0 Å². The zero-order valence-corrected chi connectivity index (χ0v) is 8.91. The van der Waals surface area contributed by atoms with Gasteiger partial charge in [-0.05, 0) is 18.1 Å². The highest BCUT2D eigenvalue weighted by Gasteiger charge is 2.19. The van der Waals surface area contributed by atoms with Crippen LogP contribution in [0.2, 0.25) is 0 Å². The fraction of sp³-hybridized carbons (Fsp3) is 0.462. The van der Waals surface area contributed by atoms with Crippen LogP contribution in [0, 0.1) is 5.92 Å². The molecule has 1 fully saturated rings. The zero-order valence-electron chi connectivity index (χ0n) is 8.91. The molecule has 0 amide bonds. The zero-order chi connectivity index (χ0) is 10.7. The van der Waals surface area contributed by atoms with E-state index in [1.54, 1.807) is 6.07 Å². The molecule has 1 saturated carbocycles. The van der Waals surface area contributed by atoms with Crippen molar-refractivity contribution >= 4 is 11.5 Å². The second kappa shape index (κ2) is 4.47. The molecule has 0 aromatic heterocycles. The Balaban J connectivity index is 2.01. The number of benzene rings is 1. The molecular formula is C13H17NO. The van der Waals surface area contributed by atoms with Crippen molar-refractivity contribution in [2.24, 2.45) is 5.92 Å². The molecule has 0 bridgehead atoms. The second-order valence-electron chi connectivity index (χ2n) is 4.40. The Labute approximate surface area is 90.5 Å². The summed E-state index contributed by atoms with van der Waals surface area (Å²) in [4.78, 5) is 11.9. The molecule has 1 aliphatic rings. The maximum atomic E-state index is 11.9. The van der Waals surface area contributed by atoms with E-state index in [9.17, 15) is 4.79 Å². The Bertz CT molecular complexity index is 353. The minimum atomic E-state index is 0.245. The third-order valence-corrected chi connectivity index (χ3v) is 3.16. The van der Waals surface area contributed by atoms with E-state index in [0.717, 1.165) is 5.56 Å². The molecule has 1 aliphatic carbocycles. The first-order valence-electron chi connectivity index (χ1n) is 5.64. The number of nitrogen functional groups attached to an aromatic ring is 1. The van der Waals surface area contributed by atoms with Crippen molar-refractivity contribution < 1.29 is 4.79 Å². The summed E-state index contributed by atoms with van der Waals surface area (Å²) in [5.74, 6) is 0.855. The van der Waals surface area contributed by atoms with E-state index in [2.05, 4.69) is 0 Å². The van der Waals surface area contributed by atoms with Gasteiger partial charge in [-0.2, -0.15) is 0 Å². The molecule has 0 radical (unpaired) electrons. The summed E-state index contributed by atoms with van der Waals surface area (Å²) in [5.41, 5.74) is 7.09. The standard InChI is InChI=1S/C13H17NO/c14-12-7-3-6-11(9-12)13(15)8-10-4-1-2-5-10/h3,6-7,9-10H,1-2,4-5,8,14H2. The highest BCUT2D eigenvalue weighted by molar-refractivity contribution is 5.96. The Kier molecular flexibility index (Phi) is 3.05. The quantitative estimate of drug-likeness (QED) is 0.606. The van der Waals surface area contributed by atoms with Gasteiger partial charge in [0.05, 0.1) is 0 Å². The number of nitrogens with two attached hydrogens (primary N) is 1. The van der Waals surface area contributed by atoms with E-state index >= 15 is 0 Å². The van der Waals surface area contributed by atoms with Gasteiger partial charge in [0.1, 0.15) is 0 Å². The van der Waals surface area contributed by atoms with Crippen LogP contribution >= 0.6 is 0 Å². The summed E-state index contributed by atoms with van der Waals surface area (Å²) < 4.78 is 0. The number of anilines is 1. The summed E-state index contributed by atoms with van der Waals surface area (Å²) in [6.07, 6.45) is 5.70. The number of carbonyl (C=O) groups is 1. The number of rotatable bonds is 3. The van der Waals surface area contributed by atoms with E-state index in [0.29, 0.717) is 18.0 Å². The molecule has 0 heterocycles. The molecule has 1 aromatic carbocycles. The average Bonchev–Trinajstić information content (AvgIpc) is 2.70. The minimum absolute atomic E-state index is 0.245. The normalized spacial score (nSPS) is 16.8. The minimum Gasteiger partial charge on any atom is -0.399 e. The van der Waals surface area contributed by atoms with Gasteiger partial charge in [0.25, 0.3) is 0 Å². The van der Waals surface area contributed by atoms with Gasteiger partial charge in [-0.15, -0.1) is 0 Å². The first-order valence-corrected chi connectivity index (χ1v) is 5.64. The van der Waals surface area contributed by atoms with Crippen LogP contribution in [0.15, 0.2) is 24.3 Å². The summed E-state index contributed by atoms with van der Waals surface area (Å²) >= 11 is 0. The van der Waals surface area contributed by atoms with Crippen molar-refractivity contribution in [1.82, 2.24) is 0 Å². The van der Waals surface area contributed by atoms with Crippen LogP contribution in [0.4, 0.5) is 5.69 Å². The average molecular weight is 203 g/mol. The van der Waals surface area contributed by atoms with Gasteiger partial charge in [0.15, 0.2) is 5.78 Å². The number of Topliss-reactive ketones (excluding diaryl/α,β-unsaturated/α-hetero) is 1. The van der Waals surface area contributed by atoms with Crippen molar-refractivity contribution in [2.75, 3.05) is 5.73 Å². The summed E-state index contributed by atoms with van der Waals surface area (Å²) in [6, 6.07) is 7.29. The first kappa shape index (κ1) is 10.2. The molecule has 0 atom stereocenters. The predicted molar refractivity (Wildman–Crippen MR) is 61.8 cm³/mol. The smallest absolute Gasteiger partial charge is 0.163 e. The Morgan fingerprint density at radius 1 is 1.33 bits per heavy atom. The second-order valence-corrected chi connectivity index (χ2v) is 4.40. The van der Waals surface area contributed by atoms with Gasteiger partial charge >= 0.3 is 0 Å². The fourth-order valence-corrected chi connectivity index (χ4v) is 2.31. The molecule has 0 aliphatic heterocycles. The molecule has 2 rings (SSSR count). The third-order valence-electron chi connectivity index (χ3n) is 3.16. The van der Waals surface area contributed by atoms with E-state index < -0.39 is 0 Å². The molecular weight excluding hydrogens is 186 g/mol. The van der Waals surface area contributed by atoms with Gasteiger partial charge in [-0.25, -0.2) is 0 Å². The lowest BCUT2D eigenvalue weighted by Gasteiger charge is -2.07. The van der Waals surface area contributed by atoms with E-state index in [4.69, 9.17) is 5.73 Å². The van der Waals surface area contributed by atoms with Crippen LogP contribution in [-0.4, -0.2) is 5.78 Å². The van der Waals surface area contributed by atoms with E-state index in [1.165, 1.54) is 25.7 Å². The summed E-state index contributed by atoms with van der Waals surface area (Å²) in [6.45, 7) is 0. The molecule has 2 heteroatoms. The predicted octanol–water partition coefficient (Wildman–Crippen LogP) is 3.03. The van der Waals surface area contributed by atoms with Gasteiger partial charge in [0, 0.05) is 17.7 Å². The number of hydrogen-bond acceptors (Lipinski definition) is 2. The lowest BCUT2D eigenvalue weighted by Crippen LogP contribution is -2.06. The molecule has 0 spiro atoms. The largest absolute Gasteiger partial charge is 0.399 e. The van der Waals surface area contributed by atoms with Crippen LogP contribution in [0.25, 0.3) is 0 Å². The van der Waals surface area contributed by atoms with Crippen LogP contribution < -0.4 is 5.73 Å². The van der Waals surface area contributed by atoms with Gasteiger partial charge in [0.2, 0.25) is 0 Å². The van der Waals surface area contributed by atoms with Gasteiger partial charge in [-0.3, -0.25) is 4.79 Å². The summed E-state index contributed by atoms with van der Waals surface area (Å²) in [5, 5.41) is 0. The van der Waals surface area contributed by atoms with Crippen molar-refractivity contribution in [3.63, 3.8) is 0 Å². The Morgan fingerprint density at radius 2 is 2.07 bits per heavy atom. The SMILES string of the molecule is Nc1cccc(C(=O)CC2CCCC2)c1. The number of carbonyl (C=O) groups excluding carboxylic acids is 1. The first-order chi connectivity index (χ1) is 7.25. The van der Waals surface area contributed by atoms with Crippen molar-refractivity contribution in [2.45, 2.75) is 32.1 Å². The van der Waals surface area contributed by atoms with Gasteiger partial charge in [-0.1, -0.05) is 37.8 Å². The Hall–Kier alpha value is -1.31. The lowest BCUT2D eigenvalue weighted by atomic mass is 9.97. The van der Waals surface area contributed by atoms with E-state index in [1.807, 2.05) is 18.2 Å². The van der Waals surface area contributed by atoms with Crippen molar-refractivity contribution in [1.29, 1.82) is 0 Å². The molecule has 1 aromatic rings. The topological polar surface area (TPSA) is 43.1 Å². The molecule has 2 nitrogen and oxygen atoms in total. The molecule has 80 valence electrons. The van der Waals surface area contributed by atoms with Crippen LogP contribution in [0.3, 0.4) is 0 Å². The molecule has 0 unspecified atom stereocenters. The van der Waals surface area contributed by atoms with E-state index in [-0.39, 0.29) is 5.78 Å². The molecule has 0 saturated heterocycles. The monoisotopic (exact) mass is 203 g/mol.